The molecule has 0 aromatic rings. The summed E-state index contributed by atoms with van der Waals surface area (Å²) in [5.74, 6) is 1.35. The van der Waals surface area contributed by atoms with Gasteiger partial charge in [0.1, 0.15) is 0 Å². The monoisotopic (exact) mass is 352 g/mol. The van der Waals surface area contributed by atoms with Crippen LogP contribution in [-0.2, 0) is 9.47 Å². The van der Waals surface area contributed by atoms with E-state index in [4.69, 9.17) is 9.47 Å². The first-order chi connectivity index (χ1) is 11.8. The van der Waals surface area contributed by atoms with Crippen LogP contribution in [0.5, 0.6) is 0 Å². The quantitative estimate of drug-likeness (QED) is 0.743. The summed E-state index contributed by atoms with van der Waals surface area (Å²) >= 11 is 0. The molecule has 1 aliphatic heterocycles. The predicted octanol–water partition coefficient (Wildman–Crippen LogP) is 3.52. The summed E-state index contributed by atoms with van der Waals surface area (Å²) in [7, 11) is 1.71. The number of fused-ring (bicyclic) bond motifs is 1. The molecule has 4 heteroatoms. The zero-order chi connectivity index (χ0) is 18.2. The van der Waals surface area contributed by atoms with Gasteiger partial charge in [-0.25, -0.2) is 0 Å². The predicted molar refractivity (Wildman–Crippen MR) is 98.0 cm³/mol. The van der Waals surface area contributed by atoms with Gasteiger partial charge in [-0.15, -0.1) is 0 Å². The topological polar surface area (TPSA) is 58.9 Å². The Morgan fingerprint density at radius 1 is 1.36 bits per heavy atom. The van der Waals surface area contributed by atoms with Gasteiger partial charge in [-0.1, -0.05) is 26.8 Å². The number of methoxy groups -OCH3 is 1. The first kappa shape index (κ1) is 19.3. The number of hydrogen-bond acceptors (Lipinski definition) is 4. The van der Waals surface area contributed by atoms with Gasteiger partial charge in [0.25, 0.3) is 0 Å². The molecule has 2 fully saturated rings. The smallest absolute Gasteiger partial charge is 0.157 e. The highest BCUT2D eigenvalue weighted by atomic mass is 16.7. The minimum atomic E-state index is -0.300. The highest BCUT2D eigenvalue weighted by Gasteiger charge is 2.56. The summed E-state index contributed by atoms with van der Waals surface area (Å²) in [4.78, 5) is 0. The largest absolute Gasteiger partial charge is 0.393 e. The average Bonchev–Trinajstić information content (AvgIpc) is 3.06. The Bertz CT molecular complexity index is 504. The molecule has 3 rings (SSSR count). The minimum absolute atomic E-state index is 0.0453. The van der Waals surface area contributed by atoms with Crippen molar-refractivity contribution in [2.45, 2.75) is 71.7 Å². The Balaban J connectivity index is 1.78. The third-order valence-corrected chi connectivity index (χ3v) is 7.96. The van der Waals surface area contributed by atoms with E-state index >= 15 is 0 Å². The number of hydrogen-bond donors (Lipinski definition) is 2. The molecule has 4 nitrogen and oxygen atoms in total. The van der Waals surface area contributed by atoms with Crippen LogP contribution in [0.3, 0.4) is 0 Å². The van der Waals surface area contributed by atoms with Crippen molar-refractivity contribution in [3.05, 3.63) is 11.6 Å². The molecule has 7 unspecified atom stereocenters. The molecule has 0 amide bonds. The van der Waals surface area contributed by atoms with E-state index in [1.54, 1.807) is 7.11 Å². The zero-order valence-corrected chi connectivity index (χ0v) is 16.3. The second-order valence-electron chi connectivity index (χ2n) is 9.14. The molecule has 3 aliphatic rings. The van der Waals surface area contributed by atoms with E-state index < -0.39 is 0 Å². The Morgan fingerprint density at radius 3 is 2.76 bits per heavy atom. The molecule has 0 aromatic heterocycles. The van der Waals surface area contributed by atoms with Crippen LogP contribution in [0.4, 0.5) is 0 Å². The van der Waals surface area contributed by atoms with Crippen LogP contribution in [0.15, 0.2) is 11.6 Å². The molecule has 1 saturated heterocycles. The molecule has 2 N–H and O–H groups in total. The summed E-state index contributed by atoms with van der Waals surface area (Å²) < 4.78 is 11.0. The van der Waals surface area contributed by atoms with Crippen LogP contribution in [-0.4, -0.2) is 42.9 Å². The average molecular weight is 353 g/mol. The number of aliphatic hydroxyl groups excluding tert-OH is 2. The Labute approximate surface area is 152 Å². The molecule has 2 aliphatic carbocycles. The van der Waals surface area contributed by atoms with Crippen LogP contribution >= 0.6 is 0 Å². The lowest BCUT2D eigenvalue weighted by atomic mass is 9.46. The van der Waals surface area contributed by atoms with Gasteiger partial charge in [0.15, 0.2) is 6.29 Å². The molecule has 0 radical (unpaired) electrons. The third-order valence-electron chi connectivity index (χ3n) is 7.96. The van der Waals surface area contributed by atoms with Crippen LogP contribution in [0.1, 0.15) is 59.3 Å². The molecular formula is C21H36O4. The standard InChI is InChI=1S/C21H36O4/c1-14-17(23)11-21(3)16(12-22)6-5-7-18(21)20(14,2)9-8-15-10-19(24-4)25-13-15/h6,14-15,17-19,22-23H,5,7-13H2,1-4H3. The molecule has 0 aromatic carbocycles. The van der Waals surface area contributed by atoms with Crippen molar-refractivity contribution in [1.82, 2.24) is 0 Å². The third kappa shape index (κ3) is 3.31. The first-order valence-electron chi connectivity index (χ1n) is 9.98. The molecule has 25 heavy (non-hydrogen) atoms. The van der Waals surface area contributed by atoms with Crippen molar-refractivity contribution < 1.29 is 19.7 Å². The lowest BCUT2D eigenvalue weighted by molar-refractivity contribution is -0.120. The lowest BCUT2D eigenvalue weighted by Gasteiger charge is -2.59. The van der Waals surface area contributed by atoms with Crippen molar-refractivity contribution in [2.75, 3.05) is 20.3 Å². The number of ether oxygens (including phenoxy) is 2. The molecule has 1 heterocycles. The van der Waals surface area contributed by atoms with Crippen molar-refractivity contribution in [3.8, 4) is 0 Å². The fourth-order valence-electron chi connectivity index (χ4n) is 6.08. The Morgan fingerprint density at radius 2 is 2.12 bits per heavy atom. The second kappa shape index (κ2) is 7.30. The van der Waals surface area contributed by atoms with Gasteiger partial charge in [-0.3, -0.25) is 0 Å². The number of aliphatic hydroxyl groups is 2. The van der Waals surface area contributed by atoms with Gasteiger partial charge < -0.3 is 19.7 Å². The lowest BCUT2D eigenvalue weighted by Crippen LogP contribution is -2.55. The van der Waals surface area contributed by atoms with Crippen LogP contribution in [0, 0.1) is 28.6 Å². The highest BCUT2D eigenvalue weighted by molar-refractivity contribution is 5.24. The van der Waals surface area contributed by atoms with Gasteiger partial charge in [0.2, 0.25) is 0 Å². The summed E-state index contributed by atoms with van der Waals surface area (Å²) in [5, 5.41) is 20.7. The van der Waals surface area contributed by atoms with E-state index in [9.17, 15) is 10.2 Å². The maximum Gasteiger partial charge on any atom is 0.157 e. The van der Waals surface area contributed by atoms with Crippen LogP contribution < -0.4 is 0 Å². The SMILES string of the molecule is COC1CC(CCC2(C)C(C)C(O)CC3(C)C(CO)=CCCC32)CO1. The van der Waals surface area contributed by atoms with Gasteiger partial charge >= 0.3 is 0 Å². The maximum atomic E-state index is 10.8. The van der Waals surface area contributed by atoms with E-state index in [0.29, 0.717) is 11.8 Å². The number of rotatable bonds is 5. The maximum absolute atomic E-state index is 10.8. The van der Waals surface area contributed by atoms with Gasteiger partial charge in [-0.2, -0.15) is 0 Å². The van der Waals surface area contributed by atoms with Crippen molar-refractivity contribution in [1.29, 1.82) is 0 Å². The van der Waals surface area contributed by atoms with Crippen molar-refractivity contribution in [3.63, 3.8) is 0 Å². The number of allylic oxidation sites excluding steroid dienone is 1. The molecule has 7 atom stereocenters. The van der Waals surface area contributed by atoms with E-state index in [2.05, 4.69) is 26.8 Å². The van der Waals surface area contributed by atoms with Crippen LogP contribution in [0.2, 0.25) is 0 Å². The molecule has 144 valence electrons. The molecule has 0 bridgehead atoms. The molecule has 1 saturated carbocycles. The fourth-order valence-corrected chi connectivity index (χ4v) is 6.08. The minimum Gasteiger partial charge on any atom is -0.393 e. The van der Waals surface area contributed by atoms with Gasteiger partial charge in [0, 0.05) is 13.5 Å². The van der Waals surface area contributed by atoms with Crippen molar-refractivity contribution in [2.24, 2.45) is 28.6 Å². The highest BCUT2D eigenvalue weighted by Crippen LogP contribution is 2.62. The second-order valence-corrected chi connectivity index (χ2v) is 9.14. The zero-order valence-electron chi connectivity index (χ0n) is 16.3. The van der Waals surface area contributed by atoms with E-state index in [-0.39, 0.29) is 35.7 Å². The van der Waals surface area contributed by atoms with E-state index in [0.717, 1.165) is 50.7 Å². The van der Waals surface area contributed by atoms with E-state index in [1.165, 1.54) is 0 Å². The van der Waals surface area contributed by atoms with E-state index in [1.807, 2.05) is 0 Å². The van der Waals surface area contributed by atoms with Gasteiger partial charge in [0.05, 0.1) is 19.3 Å². The Hall–Kier alpha value is -0.420. The fraction of sp³-hybridized carbons (Fsp3) is 0.905. The Kier molecular flexibility index (Phi) is 5.65. The van der Waals surface area contributed by atoms with Crippen molar-refractivity contribution >= 4 is 0 Å². The van der Waals surface area contributed by atoms with Gasteiger partial charge in [-0.05, 0) is 66.3 Å². The summed E-state index contributed by atoms with van der Waals surface area (Å²) in [5.41, 5.74) is 1.16. The summed E-state index contributed by atoms with van der Waals surface area (Å²) in [6.45, 7) is 7.79. The first-order valence-corrected chi connectivity index (χ1v) is 9.98. The molecule has 0 spiro atoms. The van der Waals surface area contributed by atoms with Crippen LogP contribution in [0.25, 0.3) is 0 Å². The molecular weight excluding hydrogens is 316 g/mol. The summed E-state index contributed by atoms with van der Waals surface area (Å²) in [6.07, 6.45) is 8.07. The summed E-state index contributed by atoms with van der Waals surface area (Å²) in [6, 6.07) is 0. The normalized spacial score (nSPS) is 47.4.